The summed E-state index contributed by atoms with van der Waals surface area (Å²) < 4.78 is 5.05. The summed E-state index contributed by atoms with van der Waals surface area (Å²) >= 11 is 11.7. The molecule has 26 heavy (non-hydrogen) atoms. The lowest BCUT2D eigenvalue weighted by Gasteiger charge is -2.16. The first-order valence-corrected chi connectivity index (χ1v) is 8.77. The number of carbonyl (C=O) groups excluding carboxylic acids is 3. The van der Waals surface area contributed by atoms with Crippen LogP contribution in [0, 0.1) is 0 Å². The molecule has 134 valence electrons. The molecular weight excluding hydrogens is 377 g/mol. The van der Waals surface area contributed by atoms with E-state index in [2.05, 4.69) is 0 Å². The Hall–Kier alpha value is -2.37. The molecule has 5 nitrogen and oxygen atoms in total. The van der Waals surface area contributed by atoms with Crippen LogP contribution >= 0.6 is 23.2 Å². The Balaban J connectivity index is 1.65. The van der Waals surface area contributed by atoms with Gasteiger partial charge in [0.15, 0.2) is 12.4 Å². The molecule has 1 fully saturated rings. The predicted molar refractivity (Wildman–Crippen MR) is 99.1 cm³/mol. The number of rotatable bonds is 5. The van der Waals surface area contributed by atoms with E-state index in [1.165, 1.54) is 18.2 Å². The van der Waals surface area contributed by atoms with Gasteiger partial charge in [-0.25, -0.2) is 4.79 Å². The van der Waals surface area contributed by atoms with E-state index in [9.17, 15) is 14.4 Å². The Morgan fingerprint density at radius 2 is 1.85 bits per heavy atom. The Morgan fingerprint density at radius 3 is 2.54 bits per heavy atom. The summed E-state index contributed by atoms with van der Waals surface area (Å²) in [6.45, 7) is 0.235. The maximum absolute atomic E-state index is 12.3. The third-order valence-electron chi connectivity index (χ3n) is 4.04. The molecule has 3 rings (SSSR count). The molecule has 0 N–H and O–H groups in total. The summed E-state index contributed by atoms with van der Waals surface area (Å²) in [4.78, 5) is 37.8. The standard InChI is InChI=1S/C19H15Cl2NO4/c20-15-7-6-13(10-16(15)21)19(25)26-11-17(23)12-3-1-4-14(9-12)22-8-2-5-18(22)24/h1,3-4,6-7,9-10H,2,5,8,11H2. The topological polar surface area (TPSA) is 63.7 Å². The van der Waals surface area contributed by atoms with Gasteiger partial charge < -0.3 is 9.64 Å². The van der Waals surface area contributed by atoms with Gasteiger partial charge in [-0.05, 0) is 36.8 Å². The molecule has 1 amide bonds. The van der Waals surface area contributed by atoms with Crippen molar-refractivity contribution in [2.45, 2.75) is 12.8 Å². The summed E-state index contributed by atoms with van der Waals surface area (Å²) in [6.07, 6.45) is 1.32. The first-order chi connectivity index (χ1) is 12.5. The summed E-state index contributed by atoms with van der Waals surface area (Å²) in [5, 5.41) is 0.558. The van der Waals surface area contributed by atoms with E-state index in [-0.39, 0.29) is 22.3 Å². The molecular formula is C19H15Cl2NO4. The second-order valence-corrected chi connectivity index (χ2v) is 6.64. The number of ether oxygens (including phenoxy) is 1. The maximum Gasteiger partial charge on any atom is 0.338 e. The zero-order valence-corrected chi connectivity index (χ0v) is 15.2. The number of Topliss-reactive ketones (excluding diaryl/α,β-unsaturated/α-hetero) is 1. The second kappa shape index (κ2) is 7.89. The third kappa shape index (κ3) is 4.06. The summed E-state index contributed by atoms with van der Waals surface area (Å²) in [5.41, 5.74) is 1.27. The monoisotopic (exact) mass is 391 g/mol. The Kier molecular flexibility index (Phi) is 5.59. The van der Waals surface area contributed by atoms with Crippen LogP contribution in [0.5, 0.6) is 0 Å². The zero-order valence-electron chi connectivity index (χ0n) is 13.7. The van der Waals surface area contributed by atoms with Crippen LogP contribution in [0.3, 0.4) is 0 Å². The summed E-state index contributed by atoms with van der Waals surface area (Å²) in [5.74, 6) is -0.977. The number of nitrogens with zero attached hydrogens (tertiary/aromatic N) is 1. The molecule has 0 radical (unpaired) electrons. The Bertz CT molecular complexity index is 882. The number of ketones is 1. The van der Waals surface area contributed by atoms with Gasteiger partial charge in [0, 0.05) is 24.2 Å². The van der Waals surface area contributed by atoms with Gasteiger partial charge in [0.25, 0.3) is 0 Å². The fourth-order valence-corrected chi connectivity index (χ4v) is 2.99. The van der Waals surface area contributed by atoms with Gasteiger partial charge in [0.1, 0.15) is 0 Å². The second-order valence-electron chi connectivity index (χ2n) is 5.83. The number of halogens is 2. The number of esters is 1. The van der Waals surface area contributed by atoms with Crippen LogP contribution in [0.4, 0.5) is 5.69 Å². The van der Waals surface area contributed by atoms with E-state index in [0.717, 1.165) is 6.42 Å². The van der Waals surface area contributed by atoms with E-state index < -0.39 is 12.6 Å². The lowest BCUT2D eigenvalue weighted by atomic mass is 10.1. The third-order valence-corrected chi connectivity index (χ3v) is 4.78. The molecule has 7 heteroatoms. The minimum atomic E-state index is -0.664. The highest BCUT2D eigenvalue weighted by Gasteiger charge is 2.22. The van der Waals surface area contributed by atoms with Crippen molar-refractivity contribution in [1.82, 2.24) is 0 Å². The number of carbonyl (C=O) groups is 3. The number of amides is 1. The van der Waals surface area contributed by atoms with Gasteiger partial charge in [0.2, 0.25) is 5.91 Å². The van der Waals surface area contributed by atoms with Gasteiger partial charge in [-0.2, -0.15) is 0 Å². The van der Waals surface area contributed by atoms with Crippen LogP contribution in [0.2, 0.25) is 10.0 Å². The van der Waals surface area contributed by atoms with Crippen LogP contribution < -0.4 is 4.90 Å². The molecule has 2 aromatic rings. The maximum atomic E-state index is 12.3. The highest BCUT2D eigenvalue weighted by atomic mass is 35.5. The van der Waals surface area contributed by atoms with Crippen LogP contribution in [-0.4, -0.2) is 30.8 Å². The highest BCUT2D eigenvalue weighted by Crippen LogP contribution is 2.24. The number of anilines is 1. The van der Waals surface area contributed by atoms with Crippen molar-refractivity contribution in [2.75, 3.05) is 18.1 Å². The fourth-order valence-electron chi connectivity index (χ4n) is 2.69. The van der Waals surface area contributed by atoms with Crippen LogP contribution in [0.15, 0.2) is 42.5 Å². The molecule has 0 spiro atoms. The molecule has 1 aliphatic heterocycles. The molecule has 0 unspecified atom stereocenters. The number of hydrogen-bond donors (Lipinski definition) is 0. The van der Waals surface area contributed by atoms with E-state index in [4.69, 9.17) is 27.9 Å². The molecule has 0 bridgehead atoms. The molecule has 1 heterocycles. The quantitative estimate of drug-likeness (QED) is 0.566. The Morgan fingerprint density at radius 1 is 1.04 bits per heavy atom. The fraction of sp³-hybridized carbons (Fsp3) is 0.211. The molecule has 0 aliphatic carbocycles. The molecule has 0 saturated carbocycles. The van der Waals surface area contributed by atoms with Crippen LogP contribution in [0.25, 0.3) is 0 Å². The minimum Gasteiger partial charge on any atom is -0.454 e. The van der Waals surface area contributed by atoms with E-state index in [0.29, 0.717) is 29.2 Å². The lowest BCUT2D eigenvalue weighted by molar-refractivity contribution is -0.117. The SMILES string of the molecule is O=C(COC(=O)c1ccc(Cl)c(Cl)c1)c1cccc(N2CCCC2=O)c1. The van der Waals surface area contributed by atoms with E-state index in [1.54, 1.807) is 29.2 Å². The number of hydrogen-bond acceptors (Lipinski definition) is 4. The minimum absolute atomic E-state index is 0.0423. The van der Waals surface area contributed by atoms with Gasteiger partial charge in [0.05, 0.1) is 15.6 Å². The summed E-state index contributed by atoms with van der Waals surface area (Å²) in [7, 11) is 0. The van der Waals surface area contributed by atoms with Gasteiger partial charge >= 0.3 is 5.97 Å². The van der Waals surface area contributed by atoms with Crippen molar-refractivity contribution in [3.8, 4) is 0 Å². The van der Waals surface area contributed by atoms with Crippen LogP contribution in [0.1, 0.15) is 33.6 Å². The largest absolute Gasteiger partial charge is 0.454 e. The average Bonchev–Trinajstić information content (AvgIpc) is 3.07. The van der Waals surface area contributed by atoms with E-state index >= 15 is 0 Å². The Labute approximate surface area is 160 Å². The molecule has 0 atom stereocenters. The van der Waals surface area contributed by atoms with Crippen molar-refractivity contribution >= 4 is 46.5 Å². The molecule has 0 aromatic heterocycles. The highest BCUT2D eigenvalue weighted by molar-refractivity contribution is 6.42. The van der Waals surface area contributed by atoms with Gasteiger partial charge in [-0.15, -0.1) is 0 Å². The molecule has 1 saturated heterocycles. The normalized spacial score (nSPS) is 13.8. The number of benzene rings is 2. The zero-order chi connectivity index (χ0) is 18.7. The van der Waals surface area contributed by atoms with Crippen molar-refractivity contribution in [3.63, 3.8) is 0 Å². The molecule has 1 aliphatic rings. The van der Waals surface area contributed by atoms with Crippen molar-refractivity contribution in [1.29, 1.82) is 0 Å². The van der Waals surface area contributed by atoms with Gasteiger partial charge in [-0.3, -0.25) is 9.59 Å². The van der Waals surface area contributed by atoms with E-state index in [1.807, 2.05) is 0 Å². The van der Waals surface area contributed by atoms with Crippen LogP contribution in [-0.2, 0) is 9.53 Å². The lowest BCUT2D eigenvalue weighted by Crippen LogP contribution is -2.24. The summed E-state index contributed by atoms with van der Waals surface area (Å²) in [6, 6.07) is 11.1. The van der Waals surface area contributed by atoms with Crippen molar-refractivity contribution in [2.24, 2.45) is 0 Å². The molecule has 2 aromatic carbocycles. The van der Waals surface area contributed by atoms with Crippen molar-refractivity contribution in [3.05, 3.63) is 63.6 Å². The predicted octanol–water partition coefficient (Wildman–Crippen LogP) is 4.16. The smallest absolute Gasteiger partial charge is 0.338 e. The average molecular weight is 392 g/mol. The van der Waals surface area contributed by atoms with Crippen molar-refractivity contribution < 1.29 is 19.1 Å². The first-order valence-electron chi connectivity index (χ1n) is 8.01. The van der Waals surface area contributed by atoms with Gasteiger partial charge in [-0.1, -0.05) is 35.3 Å². The first kappa shape index (κ1) is 18.4.